The monoisotopic (exact) mass is 233 g/mol. The zero-order chi connectivity index (χ0) is 11.7. The summed E-state index contributed by atoms with van der Waals surface area (Å²) >= 11 is 0. The topological polar surface area (TPSA) is 46.9 Å². The Balaban J connectivity index is 1.77. The third kappa shape index (κ3) is 2.35. The first kappa shape index (κ1) is 10.8. The van der Waals surface area contributed by atoms with E-state index in [1.807, 2.05) is 10.8 Å². The molecule has 0 aliphatic heterocycles. The standard InChI is InChI=1S/C13H19N3O/c17-13-12(15-10-4-2-1-3-5-10)14-8-9-16(13)11-6-7-11/h8-11H,1-7H2,(H,14,15). The molecule has 1 N–H and O–H groups in total. The third-order valence-electron chi connectivity index (χ3n) is 3.75. The molecule has 2 aliphatic rings. The van der Waals surface area contributed by atoms with Crippen LogP contribution in [-0.4, -0.2) is 15.6 Å². The Bertz CT molecular complexity index is 444. The van der Waals surface area contributed by atoms with Gasteiger partial charge in [-0.15, -0.1) is 0 Å². The van der Waals surface area contributed by atoms with E-state index in [1.54, 1.807) is 6.20 Å². The molecule has 92 valence electrons. The van der Waals surface area contributed by atoms with E-state index >= 15 is 0 Å². The van der Waals surface area contributed by atoms with Crippen molar-refractivity contribution in [3.8, 4) is 0 Å². The van der Waals surface area contributed by atoms with E-state index in [4.69, 9.17) is 0 Å². The summed E-state index contributed by atoms with van der Waals surface area (Å²) < 4.78 is 1.83. The maximum absolute atomic E-state index is 12.2. The van der Waals surface area contributed by atoms with Crippen LogP contribution in [0.2, 0.25) is 0 Å². The van der Waals surface area contributed by atoms with Gasteiger partial charge < -0.3 is 9.88 Å². The molecule has 2 aliphatic carbocycles. The van der Waals surface area contributed by atoms with Crippen molar-refractivity contribution in [3.63, 3.8) is 0 Å². The quantitative estimate of drug-likeness (QED) is 0.871. The van der Waals surface area contributed by atoms with Crippen LogP contribution in [0.1, 0.15) is 51.0 Å². The average Bonchev–Trinajstić information content (AvgIpc) is 3.17. The molecule has 1 aromatic heterocycles. The van der Waals surface area contributed by atoms with Crippen molar-refractivity contribution in [3.05, 3.63) is 22.7 Å². The van der Waals surface area contributed by atoms with Crippen LogP contribution in [0.3, 0.4) is 0 Å². The Hall–Kier alpha value is -1.32. The lowest BCUT2D eigenvalue weighted by Crippen LogP contribution is -2.30. The van der Waals surface area contributed by atoms with Gasteiger partial charge in [0.2, 0.25) is 0 Å². The fraction of sp³-hybridized carbons (Fsp3) is 0.692. The SMILES string of the molecule is O=c1c(NC2CCCCC2)nccn1C1CC1. The van der Waals surface area contributed by atoms with Crippen molar-refractivity contribution >= 4 is 5.82 Å². The minimum Gasteiger partial charge on any atom is -0.363 e. The van der Waals surface area contributed by atoms with Crippen LogP contribution in [0, 0.1) is 0 Å². The van der Waals surface area contributed by atoms with Crippen LogP contribution in [0.4, 0.5) is 5.82 Å². The number of aromatic nitrogens is 2. The molecule has 4 nitrogen and oxygen atoms in total. The van der Waals surface area contributed by atoms with Crippen LogP contribution in [0.15, 0.2) is 17.2 Å². The molecular formula is C13H19N3O. The normalized spacial score (nSPS) is 21.4. The second kappa shape index (κ2) is 4.51. The second-order valence-corrected chi connectivity index (χ2v) is 5.20. The Morgan fingerprint density at radius 2 is 1.94 bits per heavy atom. The molecule has 0 amide bonds. The smallest absolute Gasteiger partial charge is 0.293 e. The van der Waals surface area contributed by atoms with E-state index in [0.29, 0.717) is 17.9 Å². The number of hydrogen-bond donors (Lipinski definition) is 1. The molecule has 2 saturated carbocycles. The third-order valence-corrected chi connectivity index (χ3v) is 3.75. The van der Waals surface area contributed by atoms with Gasteiger partial charge in [0.05, 0.1) is 0 Å². The maximum Gasteiger partial charge on any atom is 0.293 e. The molecule has 4 heteroatoms. The summed E-state index contributed by atoms with van der Waals surface area (Å²) in [4.78, 5) is 16.4. The second-order valence-electron chi connectivity index (χ2n) is 5.20. The number of hydrogen-bond acceptors (Lipinski definition) is 3. The number of nitrogens with one attached hydrogen (secondary N) is 1. The molecule has 0 saturated heterocycles. The molecule has 17 heavy (non-hydrogen) atoms. The average molecular weight is 233 g/mol. The molecular weight excluding hydrogens is 214 g/mol. The minimum absolute atomic E-state index is 0.0561. The van der Waals surface area contributed by atoms with Crippen LogP contribution >= 0.6 is 0 Å². The van der Waals surface area contributed by atoms with Crippen LogP contribution < -0.4 is 10.9 Å². The summed E-state index contributed by atoms with van der Waals surface area (Å²) in [7, 11) is 0. The Labute approximate surface area is 101 Å². The van der Waals surface area contributed by atoms with Gasteiger partial charge in [-0.2, -0.15) is 0 Å². The highest BCUT2D eigenvalue weighted by molar-refractivity contribution is 5.32. The predicted octanol–water partition coefficient (Wildman–Crippen LogP) is 2.32. The Kier molecular flexibility index (Phi) is 2.87. The molecule has 3 rings (SSSR count). The first-order valence-corrected chi connectivity index (χ1v) is 6.68. The fourth-order valence-electron chi connectivity index (χ4n) is 2.60. The van der Waals surface area contributed by atoms with Crippen LogP contribution in [0.5, 0.6) is 0 Å². The lowest BCUT2D eigenvalue weighted by Gasteiger charge is -2.23. The Morgan fingerprint density at radius 1 is 1.18 bits per heavy atom. The molecule has 0 atom stereocenters. The van der Waals surface area contributed by atoms with Crippen molar-refractivity contribution in [2.75, 3.05) is 5.32 Å². The lowest BCUT2D eigenvalue weighted by molar-refractivity contribution is 0.461. The maximum atomic E-state index is 12.2. The molecule has 0 spiro atoms. The molecule has 0 bridgehead atoms. The van der Waals surface area contributed by atoms with Gasteiger partial charge in [0.25, 0.3) is 5.56 Å². The van der Waals surface area contributed by atoms with E-state index in [-0.39, 0.29) is 5.56 Å². The fourth-order valence-corrected chi connectivity index (χ4v) is 2.60. The highest BCUT2D eigenvalue weighted by Crippen LogP contribution is 2.33. The van der Waals surface area contributed by atoms with Gasteiger partial charge >= 0.3 is 0 Å². The first-order valence-electron chi connectivity index (χ1n) is 6.68. The highest BCUT2D eigenvalue weighted by Gasteiger charge is 2.25. The summed E-state index contributed by atoms with van der Waals surface area (Å²) in [5.74, 6) is 0.548. The molecule has 2 fully saturated rings. The highest BCUT2D eigenvalue weighted by atomic mass is 16.1. The first-order chi connectivity index (χ1) is 8.34. The zero-order valence-electron chi connectivity index (χ0n) is 10.1. The van der Waals surface area contributed by atoms with Gasteiger partial charge in [-0.05, 0) is 25.7 Å². The molecule has 0 aromatic carbocycles. The number of rotatable bonds is 3. The van der Waals surface area contributed by atoms with Gasteiger partial charge in [-0.25, -0.2) is 4.98 Å². The molecule has 1 aromatic rings. The summed E-state index contributed by atoms with van der Waals surface area (Å²) in [5, 5.41) is 3.33. The predicted molar refractivity (Wildman–Crippen MR) is 67.3 cm³/mol. The van der Waals surface area contributed by atoms with E-state index in [2.05, 4.69) is 10.3 Å². The van der Waals surface area contributed by atoms with Gasteiger partial charge in [0.1, 0.15) is 0 Å². The number of anilines is 1. The van der Waals surface area contributed by atoms with Gasteiger partial charge in [0, 0.05) is 24.5 Å². The Morgan fingerprint density at radius 3 is 2.65 bits per heavy atom. The van der Waals surface area contributed by atoms with Gasteiger partial charge in [-0.1, -0.05) is 19.3 Å². The van der Waals surface area contributed by atoms with Gasteiger partial charge in [0.15, 0.2) is 5.82 Å². The van der Waals surface area contributed by atoms with Crippen molar-refractivity contribution in [1.29, 1.82) is 0 Å². The van der Waals surface area contributed by atoms with Crippen molar-refractivity contribution in [2.45, 2.75) is 57.0 Å². The summed E-state index contributed by atoms with van der Waals surface area (Å²) in [6, 6.07) is 0.872. The van der Waals surface area contributed by atoms with E-state index in [9.17, 15) is 4.79 Å². The van der Waals surface area contributed by atoms with E-state index in [1.165, 1.54) is 32.1 Å². The van der Waals surface area contributed by atoms with Crippen molar-refractivity contribution in [2.24, 2.45) is 0 Å². The summed E-state index contributed by atoms with van der Waals surface area (Å²) in [6.45, 7) is 0. The molecule has 1 heterocycles. The van der Waals surface area contributed by atoms with E-state index < -0.39 is 0 Å². The van der Waals surface area contributed by atoms with Gasteiger partial charge in [-0.3, -0.25) is 4.79 Å². The lowest BCUT2D eigenvalue weighted by atomic mass is 9.95. The largest absolute Gasteiger partial charge is 0.363 e. The van der Waals surface area contributed by atoms with Crippen LogP contribution in [-0.2, 0) is 0 Å². The number of nitrogens with zero attached hydrogens (tertiary/aromatic N) is 2. The van der Waals surface area contributed by atoms with Crippen molar-refractivity contribution < 1.29 is 0 Å². The van der Waals surface area contributed by atoms with E-state index in [0.717, 1.165) is 12.8 Å². The molecule has 0 radical (unpaired) electrons. The van der Waals surface area contributed by atoms with Crippen LogP contribution in [0.25, 0.3) is 0 Å². The zero-order valence-corrected chi connectivity index (χ0v) is 10.1. The minimum atomic E-state index is 0.0561. The summed E-state index contributed by atoms with van der Waals surface area (Å²) in [6.07, 6.45) is 12.0. The summed E-state index contributed by atoms with van der Waals surface area (Å²) in [5.41, 5.74) is 0.0561. The van der Waals surface area contributed by atoms with Crippen molar-refractivity contribution in [1.82, 2.24) is 9.55 Å². The molecule has 0 unspecified atom stereocenters.